The molecule has 28 heavy (non-hydrogen) atoms. The van der Waals surface area contributed by atoms with Gasteiger partial charge in [-0.1, -0.05) is 6.07 Å². The molecule has 0 saturated carbocycles. The molecular formula is C22H29N3O3+2. The lowest BCUT2D eigenvalue weighted by molar-refractivity contribution is -1.02. The van der Waals surface area contributed by atoms with E-state index in [1.807, 2.05) is 18.2 Å². The second-order valence-electron chi connectivity index (χ2n) is 7.89. The maximum absolute atomic E-state index is 12.4. The Morgan fingerprint density at radius 3 is 2.46 bits per heavy atom. The average Bonchev–Trinajstić information content (AvgIpc) is 3.14. The number of rotatable bonds is 5. The first-order chi connectivity index (χ1) is 13.6. The highest BCUT2D eigenvalue weighted by Gasteiger charge is 2.25. The highest BCUT2D eigenvalue weighted by Crippen LogP contribution is 2.32. The zero-order valence-electron chi connectivity index (χ0n) is 16.6. The fourth-order valence-electron chi connectivity index (χ4n) is 3.90. The van der Waals surface area contributed by atoms with Gasteiger partial charge in [-0.25, -0.2) is 0 Å². The van der Waals surface area contributed by atoms with Crippen molar-refractivity contribution in [2.75, 3.05) is 44.8 Å². The average molecular weight is 383 g/mol. The number of nitrogens with one attached hydrogen (secondary N) is 3. The van der Waals surface area contributed by atoms with E-state index < -0.39 is 0 Å². The maximum Gasteiger partial charge on any atom is 0.279 e. The summed E-state index contributed by atoms with van der Waals surface area (Å²) in [5.41, 5.74) is 4.60. The zero-order chi connectivity index (χ0) is 19.5. The summed E-state index contributed by atoms with van der Waals surface area (Å²) in [6.07, 6.45) is 0. The molecular weight excluding hydrogens is 354 g/mol. The number of carbonyl (C=O) groups excluding carboxylic acids is 1. The van der Waals surface area contributed by atoms with Gasteiger partial charge in [-0.05, 0) is 55.3 Å². The number of hydrogen-bond acceptors (Lipinski definition) is 3. The van der Waals surface area contributed by atoms with Crippen molar-refractivity contribution >= 4 is 11.6 Å². The number of hydrogen-bond donors (Lipinski definition) is 3. The van der Waals surface area contributed by atoms with E-state index in [0.717, 1.165) is 49.9 Å². The SMILES string of the molecule is Cc1ccc(NC(=O)C[NH+]2CC[NH+](Cc3ccc4c(c3)OCO4)CC2)cc1C. The highest BCUT2D eigenvalue weighted by molar-refractivity contribution is 5.91. The number of benzene rings is 2. The summed E-state index contributed by atoms with van der Waals surface area (Å²) >= 11 is 0. The van der Waals surface area contributed by atoms with Crippen LogP contribution in [0.15, 0.2) is 36.4 Å². The van der Waals surface area contributed by atoms with Gasteiger partial charge in [-0.2, -0.15) is 0 Å². The molecule has 0 aliphatic carbocycles. The van der Waals surface area contributed by atoms with Crippen molar-refractivity contribution in [3.63, 3.8) is 0 Å². The summed E-state index contributed by atoms with van der Waals surface area (Å²) in [5, 5.41) is 3.04. The van der Waals surface area contributed by atoms with Crippen LogP contribution in [0.25, 0.3) is 0 Å². The van der Waals surface area contributed by atoms with Gasteiger partial charge in [0.2, 0.25) is 6.79 Å². The van der Waals surface area contributed by atoms with Gasteiger partial charge >= 0.3 is 0 Å². The molecule has 148 valence electrons. The standard InChI is InChI=1S/C22H27N3O3/c1-16-3-5-19(11-17(16)2)23-22(26)14-25-9-7-24(8-10-25)13-18-4-6-20-21(12-18)28-15-27-20/h3-6,11-12H,7-10,13-15H2,1-2H3,(H,23,26)/p+2. The molecule has 6 heteroatoms. The summed E-state index contributed by atoms with van der Waals surface area (Å²) in [4.78, 5) is 15.3. The molecule has 0 spiro atoms. The van der Waals surface area contributed by atoms with E-state index in [1.54, 1.807) is 4.90 Å². The van der Waals surface area contributed by atoms with E-state index in [4.69, 9.17) is 9.47 Å². The number of piperazine rings is 1. The van der Waals surface area contributed by atoms with Crippen molar-refractivity contribution in [3.05, 3.63) is 53.1 Å². The first kappa shape index (κ1) is 18.8. The lowest BCUT2D eigenvalue weighted by Gasteiger charge is -2.29. The Hall–Kier alpha value is -2.57. The number of anilines is 1. The van der Waals surface area contributed by atoms with Crippen molar-refractivity contribution < 1.29 is 24.1 Å². The summed E-state index contributed by atoms with van der Waals surface area (Å²) in [6.45, 7) is 10.2. The molecule has 2 aliphatic heterocycles. The van der Waals surface area contributed by atoms with Gasteiger partial charge in [-0.3, -0.25) is 4.79 Å². The van der Waals surface area contributed by atoms with Gasteiger partial charge in [0.15, 0.2) is 18.0 Å². The Bertz CT molecular complexity index is 860. The minimum Gasteiger partial charge on any atom is -0.454 e. The van der Waals surface area contributed by atoms with Gasteiger partial charge in [0.1, 0.15) is 32.7 Å². The highest BCUT2D eigenvalue weighted by atomic mass is 16.7. The van der Waals surface area contributed by atoms with E-state index in [9.17, 15) is 4.79 Å². The minimum absolute atomic E-state index is 0.0949. The molecule has 0 bridgehead atoms. The molecule has 6 nitrogen and oxygen atoms in total. The third-order valence-corrected chi connectivity index (χ3v) is 5.76. The largest absolute Gasteiger partial charge is 0.454 e. The second kappa shape index (κ2) is 8.20. The maximum atomic E-state index is 12.4. The smallest absolute Gasteiger partial charge is 0.279 e. The molecule has 0 atom stereocenters. The van der Waals surface area contributed by atoms with Crippen LogP contribution in [0.3, 0.4) is 0 Å². The predicted octanol–water partition coefficient (Wildman–Crippen LogP) is -0.0458. The van der Waals surface area contributed by atoms with Gasteiger partial charge in [-0.15, -0.1) is 0 Å². The van der Waals surface area contributed by atoms with Crippen LogP contribution in [0.5, 0.6) is 11.5 Å². The minimum atomic E-state index is 0.0949. The summed E-state index contributed by atoms with van der Waals surface area (Å²) in [7, 11) is 0. The number of ether oxygens (including phenoxy) is 2. The summed E-state index contributed by atoms with van der Waals surface area (Å²) in [6, 6.07) is 12.3. The fourth-order valence-corrected chi connectivity index (χ4v) is 3.90. The van der Waals surface area contributed by atoms with Gasteiger partial charge < -0.3 is 24.6 Å². The van der Waals surface area contributed by atoms with Crippen LogP contribution in [0.2, 0.25) is 0 Å². The molecule has 0 aromatic heterocycles. The molecule has 1 fully saturated rings. The number of carbonyl (C=O) groups is 1. The number of amides is 1. The Morgan fingerprint density at radius 1 is 0.929 bits per heavy atom. The van der Waals surface area contributed by atoms with Crippen LogP contribution in [0.1, 0.15) is 16.7 Å². The first-order valence-electron chi connectivity index (χ1n) is 9.99. The van der Waals surface area contributed by atoms with Crippen molar-refractivity contribution in [2.45, 2.75) is 20.4 Å². The van der Waals surface area contributed by atoms with Crippen LogP contribution in [-0.2, 0) is 11.3 Å². The summed E-state index contributed by atoms with van der Waals surface area (Å²) < 4.78 is 10.9. The van der Waals surface area contributed by atoms with Crippen molar-refractivity contribution in [2.24, 2.45) is 0 Å². The number of aryl methyl sites for hydroxylation is 2. The van der Waals surface area contributed by atoms with Gasteiger partial charge in [0, 0.05) is 11.3 Å². The van der Waals surface area contributed by atoms with Crippen LogP contribution in [0, 0.1) is 13.8 Å². The number of quaternary nitrogens is 2. The summed E-state index contributed by atoms with van der Waals surface area (Å²) in [5.74, 6) is 1.78. The van der Waals surface area contributed by atoms with E-state index in [0.29, 0.717) is 13.3 Å². The van der Waals surface area contributed by atoms with Crippen LogP contribution in [0.4, 0.5) is 5.69 Å². The molecule has 4 rings (SSSR count). The quantitative estimate of drug-likeness (QED) is 0.679. The molecule has 2 aromatic carbocycles. The third-order valence-electron chi connectivity index (χ3n) is 5.76. The molecule has 2 aromatic rings. The Labute approximate surface area is 166 Å². The number of fused-ring (bicyclic) bond motifs is 1. The van der Waals surface area contributed by atoms with E-state index in [1.165, 1.54) is 21.6 Å². The lowest BCUT2D eigenvalue weighted by atomic mass is 10.1. The zero-order valence-corrected chi connectivity index (χ0v) is 16.6. The fraction of sp³-hybridized carbons (Fsp3) is 0.409. The van der Waals surface area contributed by atoms with Crippen molar-refractivity contribution in [1.29, 1.82) is 0 Å². The van der Waals surface area contributed by atoms with Crippen molar-refractivity contribution in [3.8, 4) is 11.5 Å². The van der Waals surface area contributed by atoms with Crippen LogP contribution < -0.4 is 24.6 Å². The van der Waals surface area contributed by atoms with E-state index in [-0.39, 0.29) is 5.91 Å². The Kier molecular flexibility index (Phi) is 5.50. The van der Waals surface area contributed by atoms with Gasteiger partial charge in [0.25, 0.3) is 5.91 Å². The predicted molar refractivity (Wildman–Crippen MR) is 107 cm³/mol. The molecule has 1 saturated heterocycles. The molecule has 0 radical (unpaired) electrons. The monoisotopic (exact) mass is 383 g/mol. The van der Waals surface area contributed by atoms with Crippen molar-refractivity contribution in [1.82, 2.24) is 0 Å². The van der Waals surface area contributed by atoms with Crippen LogP contribution in [-0.4, -0.2) is 45.4 Å². The third kappa shape index (κ3) is 4.46. The lowest BCUT2D eigenvalue weighted by Crippen LogP contribution is -3.28. The molecule has 3 N–H and O–H groups in total. The molecule has 2 heterocycles. The van der Waals surface area contributed by atoms with Crippen LogP contribution >= 0.6 is 0 Å². The molecule has 0 unspecified atom stereocenters. The Balaban J connectivity index is 1.23. The van der Waals surface area contributed by atoms with E-state index in [2.05, 4.69) is 37.4 Å². The molecule has 2 aliphatic rings. The normalized spacial score (nSPS) is 20.8. The van der Waals surface area contributed by atoms with E-state index >= 15 is 0 Å². The first-order valence-corrected chi connectivity index (χ1v) is 9.99. The topological polar surface area (TPSA) is 56.4 Å². The Morgan fingerprint density at radius 2 is 1.68 bits per heavy atom. The molecule has 1 amide bonds. The second-order valence-corrected chi connectivity index (χ2v) is 7.89. The van der Waals surface area contributed by atoms with Gasteiger partial charge in [0.05, 0.1) is 0 Å².